The third-order valence-electron chi connectivity index (χ3n) is 6.22. The molecule has 0 aliphatic heterocycles. The summed E-state index contributed by atoms with van der Waals surface area (Å²) in [6.07, 6.45) is 2.24. The second-order valence-electron chi connectivity index (χ2n) is 9.23. The van der Waals surface area contributed by atoms with Crippen LogP contribution in [0.4, 0.5) is 10.8 Å². The van der Waals surface area contributed by atoms with Gasteiger partial charge in [0.1, 0.15) is 11.4 Å². The van der Waals surface area contributed by atoms with Crippen molar-refractivity contribution < 1.29 is 19.1 Å². The number of aromatic nitrogens is 1. The predicted octanol–water partition coefficient (Wildman–Crippen LogP) is 7.29. The minimum absolute atomic E-state index is 0.119. The lowest BCUT2D eigenvalue weighted by molar-refractivity contribution is -0.116. The molecule has 3 N–H and O–H groups in total. The monoisotopic (exact) mass is 628 g/mol. The zero-order chi connectivity index (χ0) is 30.2. The maximum absolute atomic E-state index is 13.3. The van der Waals surface area contributed by atoms with Crippen molar-refractivity contribution in [2.75, 3.05) is 17.7 Å². The van der Waals surface area contributed by atoms with Gasteiger partial charge in [-0.25, -0.2) is 4.98 Å². The number of carbonyl (C=O) groups is 3. The van der Waals surface area contributed by atoms with Crippen LogP contribution in [0.25, 0.3) is 16.3 Å². The van der Waals surface area contributed by atoms with E-state index in [9.17, 15) is 14.4 Å². The van der Waals surface area contributed by atoms with Crippen molar-refractivity contribution >= 4 is 79.3 Å². The molecule has 2 aromatic heterocycles. The molecule has 11 heteroatoms. The van der Waals surface area contributed by atoms with Gasteiger partial charge < -0.3 is 20.7 Å². The van der Waals surface area contributed by atoms with Crippen LogP contribution in [0, 0.1) is 0 Å². The zero-order valence-corrected chi connectivity index (χ0v) is 25.8. The summed E-state index contributed by atoms with van der Waals surface area (Å²) in [6.45, 7) is 1.95. The molecule has 8 nitrogen and oxygen atoms in total. The molecule has 0 bridgehead atoms. The molecule has 3 amide bonds. The minimum atomic E-state index is -0.461. The third-order valence-corrected chi connectivity index (χ3v) is 9.33. The quantitative estimate of drug-likeness (QED) is 0.105. The van der Waals surface area contributed by atoms with Crippen LogP contribution in [0.2, 0.25) is 0 Å². The van der Waals surface area contributed by atoms with E-state index in [1.165, 1.54) is 34.4 Å². The number of hydrogen-bond acceptors (Lipinski definition) is 8. The summed E-state index contributed by atoms with van der Waals surface area (Å²) in [6, 6.07) is 25.3. The van der Waals surface area contributed by atoms with Gasteiger partial charge in [-0.2, -0.15) is 0 Å². The molecule has 43 heavy (non-hydrogen) atoms. The van der Waals surface area contributed by atoms with E-state index in [0.717, 1.165) is 25.7 Å². The van der Waals surface area contributed by atoms with Gasteiger partial charge in [0.2, 0.25) is 5.91 Å². The van der Waals surface area contributed by atoms with Gasteiger partial charge in [0.25, 0.3) is 11.8 Å². The van der Waals surface area contributed by atoms with Crippen LogP contribution in [0.15, 0.2) is 101 Å². The summed E-state index contributed by atoms with van der Waals surface area (Å²) < 4.78 is 6.20. The average molecular weight is 629 g/mol. The Kier molecular flexibility index (Phi) is 9.88. The number of thiazole rings is 1. The van der Waals surface area contributed by atoms with Crippen LogP contribution < -0.4 is 20.7 Å². The van der Waals surface area contributed by atoms with Gasteiger partial charge >= 0.3 is 0 Å². The summed E-state index contributed by atoms with van der Waals surface area (Å²) >= 11 is 4.25. The molecule has 0 fully saturated rings. The van der Waals surface area contributed by atoms with Crippen molar-refractivity contribution in [3.63, 3.8) is 0 Å². The SMILES string of the molecule is CCC(Sc1cccc(NC(=O)/C(=C/c2cccs2)NC(=O)c2ccccc2)c1)C(=O)Nc1nc2ccc(OC)cc2s1. The molecule has 0 radical (unpaired) electrons. The highest BCUT2D eigenvalue weighted by molar-refractivity contribution is 8.00. The molecule has 0 aliphatic rings. The lowest BCUT2D eigenvalue weighted by atomic mass is 10.2. The van der Waals surface area contributed by atoms with Crippen molar-refractivity contribution in [2.45, 2.75) is 23.5 Å². The van der Waals surface area contributed by atoms with Gasteiger partial charge in [-0.1, -0.05) is 48.6 Å². The van der Waals surface area contributed by atoms with Gasteiger partial charge in [-0.15, -0.1) is 23.1 Å². The smallest absolute Gasteiger partial charge is 0.272 e. The summed E-state index contributed by atoms with van der Waals surface area (Å²) in [7, 11) is 1.61. The molecule has 0 aliphatic carbocycles. The lowest BCUT2D eigenvalue weighted by Gasteiger charge is -2.15. The van der Waals surface area contributed by atoms with Crippen LogP contribution >= 0.6 is 34.4 Å². The van der Waals surface area contributed by atoms with E-state index >= 15 is 0 Å². The molecule has 1 atom stereocenters. The van der Waals surface area contributed by atoms with Gasteiger partial charge in [0, 0.05) is 21.0 Å². The Morgan fingerprint density at radius 1 is 0.977 bits per heavy atom. The number of methoxy groups -OCH3 is 1. The highest BCUT2D eigenvalue weighted by Crippen LogP contribution is 2.32. The van der Waals surface area contributed by atoms with Crippen LogP contribution in [0.3, 0.4) is 0 Å². The van der Waals surface area contributed by atoms with E-state index in [2.05, 4.69) is 20.9 Å². The first-order valence-corrected chi connectivity index (χ1v) is 15.9. The fourth-order valence-corrected chi connectivity index (χ4v) is 6.63. The van der Waals surface area contributed by atoms with Gasteiger partial charge in [0.05, 0.1) is 22.6 Å². The topological polar surface area (TPSA) is 109 Å². The Balaban J connectivity index is 1.27. The highest BCUT2D eigenvalue weighted by atomic mass is 32.2. The Hall–Kier alpha value is -4.45. The van der Waals surface area contributed by atoms with Crippen molar-refractivity contribution in [3.05, 3.63) is 106 Å². The van der Waals surface area contributed by atoms with E-state index in [1.807, 2.05) is 66.9 Å². The number of thioether (sulfide) groups is 1. The molecular weight excluding hydrogens is 601 g/mol. The lowest BCUT2D eigenvalue weighted by Crippen LogP contribution is -2.30. The minimum Gasteiger partial charge on any atom is -0.497 e. The fourth-order valence-electron chi connectivity index (χ4n) is 4.06. The Labute approximate surface area is 261 Å². The van der Waals surface area contributed by atoms with Crippen molar-refractivity contribution in [3.8, 4) is 5.75 Å². The van der Waals surface area contributed by atoms with E-state index in [-0.39, 0.29) is 22.8 Å². The third kappa shape index (κ3) is 7.89. The summed E-state index contributed by atoms with van der Waals surface area (Å²) in [4.78, 5) is 45.5. The number of nitrogens with one attached hydrogen (secondary N) is 3. The van der Waals surface area contributed by atoms with Gasteiger partial charge in [-0.05, 0) is 72.5 Å². The van der Waals surface area contributed by atoms with Crippen LogP contribution in [-0.4, -0.2) is 35.1 Å². The van der Waals surface area contributed by atoms with E-state index in [1.54, 1.807) is 43.5 Å². The summed E-state index contributed by atoms with van der Waals surface area (Å²) in [5.74, 6) is -0.266. The Bertz CT molecular complexity index is 1770. The number of hydrogen-bond donors (Lipinski definition) is 3. The number of benzene rings is 3. The number of thiophene rings is 1. The maximum atomic E-state index is 13.3. The van der Waals surface area contributed by atoms with Crippen LogP contribution in [0.1, 0.15) is 28.6 Å². The van der Waals surface area contributed by atoms with E-state index in [4.69, 9.17) is 4.74 Å². The molecule has 3 aromatic carbocycles. The first kappa shape index (κ1) is 30.0. The number of fused-ring (bicyclic) bond motifs is 1. The van der Waals surface area contributed by atoms with Crippen LogP contribution in [0.5, 0.6) is 5.75 Å². The van der Waals surface area contributed by atoms with E-state index < -0.39 is 5.91 Å². The number of anilines is 2. The first-order chi connectivity index (χ1) is 20.9. The van der Waals surface area contributed by atoms with E-state index in [0.29, 0.717) is 22.8 Å². The standard InChI is InChI=1S/C32H28N4O4S3/c1-3-27(31(39)36-32-35-25-15-14-22(40-2)18-28(25)43-32)42-24-12-7-11-21(17-24)33-30(38)26(19-23-13-8-16-41-23)34-29(37)20-9-5-4-6-10-20/h4-19,27H,3H2,1-2H3,(H,33,38)(H,34,37)(H,35,36,39)/b26-19-. The molecule has 0 saturated carbocycles. The number of amides is 3. The largest absolute Gasteiger partial charge is 0.497 e. The normalized spacial score (nSPS) is 12.0. The molecule has 1 unspecified atom stereocenters. The number of ether oxygens (including phenoxy) is 1. The predicted molar refractivity (Wildman–Crippen MR) is 176 cm³/mol. The second-order valence-corrected chi connectivity index (χ2v) is 12.5. The summed E-state index contributed by atoms with van der Waals surface area (Å²) in [5, 5.41) is 10.6. The fraction of sp³-hybridized carbons (Fsp3) is 0.125. The van der Waals surface area contributed by atoms with Gasteiger partial charge in [-0.3, -0.25) is 14.4 Å². The van der Waals surface area contributed by atoms with Crippen molar-refractivity contribution in [2.24, 2.45) is 0 Å². The first-order valence-electron chi connectivity index (χ1n) is 13.4. The molecule has 218 valence electrons. The van der Waals surface area contributed by atoms with Crippen molar-refractivity contribution in [1.29, 1.82) is 0 Å². The highest BCUT2D eigenvalue weighted by Gasteiger charge is 2.21. The maximum Gasteiger partial charge on any atom is 0.272 e. The molecule has 0 saturated heterocycles. The van der Waals surface area contributed by atoms with Crippen LogP contribution in [-0.2, 0) is 9.59 Å². The molecule has 2 heterocycles. The second kappa shape index (κ2) is 14.1. The number of nitrogens with zero attached hydrogens (tertiary/aromatic N) is 1. The number of carbonyl (C=O) groups excluding carboxylic acids is 3. The average Bonchev–Trinajstić information content (AvgIpc) is 3.69. The zero-order valence-electron chi connectivity index (χ0n) is 23.3. The molecule has 5 aromatic rings. The molecule has 0 spiro atoms. The molecular formula is C32H28N4O4S3. The number of rotatable bonds is 11. The van der Waals surface area contributed by atoms with Gasteiger partial charge in [0.15, 0.2) is 5.13 Å². The Morgan fingerprint density at radius 3 is 2.56 bits per heavy atom. The molecule has 5 rings (SSSR count). The summed E-state index contributed by atoms with van der Waals surface area (Å²) in [5.41, 5.74) is 1.89. The Morgan fingerprint density at radius 2 is 1.81 bits per heavy atom. The van der Waals surface area contributed by atoms with Crippen molar-refractivity contribution in [1.82, 2.24) is 10.3 Å².